The third kappa shape index (κ3) is 3.76. The maximum Gasteiger partial charge on any atom is 0.192 e. The van der Waals surface area contributed by atoms with E-state index in [4.69, 9.17) is 14.8 Å². The number of pyridine rings is 2. The van der Waals surface area contributed by atoms with Gasteiger partial charge in [-0.3, -0.25) is 9.78 Å². The number of nitrogens with one attached hydrogen (secondary N) is 1. The van der Waals surface area contributed by atoms with Crippen LogP contribution in [0.3, 0.4) is 0 Å². The molecule has 0 radical (unpaired) electrons. The SMILES string of the molecule is Cc1cc(S(C)(=O)=O)ncc1-c1cc(N2CCOC[C@H]2C)nc2c(-c3cc[nH]n3)n(C)nc12. The number of nitrogens with zero attached hydrogens (tertiary/aromatic N) is 6. The first kappa shape index (κ1) is 21.5. The van der Waals surface area contributed by atoms with Crippen molar-refractivity contribution in [2.45, 2.75) is 24.9 Å². The van der Waals surface area contributed by atoms with Crippen LogP contribution in [0.15, 0.2) is 35.6 Å². The van der Waals surface area contributed by atoms with E-state index in [9.17, 15) is 8.42 Å². The maximum absolute atomic E-state index is 12.0. The second-order valence-electron chi connectivity index (χ2n) is 8.38. The molecule has 1 atom stereocenters. The van der Waals surface area contributed by atoms with E-state index in [1.165, 1.54) is 0 Å². The summed E-state index contributed by atoms with van der Waals surface area (Å²) in [6.07, 6.45) is 4.53. The van der Waals surface area contributed by atoms with Crippen LogP contribution in [0.25, 0.3) is 33.5 Å². The highest BCUT2D eigenvalue weighted by Gasteiger charge is 2.26. The third-order valence-corrected chi connectivity index (χ3v) is 6.92. The van der Waals surface area contributed by atoms with Crippen molar-refractivity contribution in [1.29, 1.82) is 0 Å². The van der Waals surface area contributed by atoms with E-state index in [0.717, 1.165) is 52.2 Å². The normalized spacial score (nSPS) is 17.1. The van der Waals surface area contributed by atoms with E-state index < -0.39 is 9.84 Å². The number of hydrogen-bond acceptors (Lipinski definition) is 8. The molecule has 10 nitrogen and oxygen atoms in total. The van der Waals surface area contributed by atoms with Gasteiger partial charge in [0.25, 0.3) is 0 Å². The Morgan fingerprint density at radius 2 is 2.03 bits per heavy atom. The Morgan fingerprint density at radius 3 is 2.70 bits per heavy atom. The van der Waals surface area contributed by atoms with Crippen LogP contribution in [0.1, 0.15) is 12.5 Å². The zero-order valence-electron chi connectivity index (χ0n) is 18.9. The number of rotatable bonds is 4. The summed E-state index contributed by atoms with van der Waals surface area (Å²) in [5.74, 6) is 0.810. The van der Waals surface area contributed by atoms with Crippen LogP contribution in [0, 0.1) is 6.92 Å². The molecule has 0 unspecified atom stereocenters. The number of sulfone groups is 1. The summed E-state index contributed by atoms with van der Waals surface area (Å²) in [7, 11) is -1.54. The highest BCUT2D eigenvalue weighted by atomic mass is 32.2. The molecule has 0 amide bonds. The first-order valence-corrected chi connectivity index (χ1v) is 12.5. The topological polar surface area (TPSA) is 119 Å². The Morgan fingerprint density at radius 1 is 1.21 bits per heavy atom. The van der Waals surface area contributed by atoms with Crippen molar-refractivity contribution in [2.75, 3.05) is 30.9 Å². The molecule has 4 aromatic heterocycles. The number of morpholine rings is 1. The molecule has 0 saturated carbocycles. The monoisotopic (exact) mass is 467 g/mol. The van der Waals surface area contributed by atoms with Gasteiger partial charge in [-0.15, -0.1) is 0 Å². The van der Waals surface area contributed by atoms with Crippen molar-refractivity contribution in [2.24, 2.45) is 7.05 Å². The Kier molecular flexibility index (Phi) is 5.17. The molecule has 0 aliphatic carbocycles. The molecule has 5 rings (SSSR count). The van der Waals surface area contributed by atoms with E-state index in [1.807, 2.05) is 26.1 Å². The van der Waals surface area contributed by atoms with Gasteiger partial charge in [-0.2, -0.15) is 10.2 Å². The maximum atomic E-state index is 12.0. The predicted octanol–water partition coefficient (Wildman–Crippen LogP) is 2.36. The average molecular weight is 468 g/mol. The van der Waals surface area contributed by atoms with Crippen molar-refractivity contribution >= 4 is 26.7 Å². The molecule has 1 aliphatic heterocycles. The average Bonchev–Trinajstić information content (AvgIpc) is 3.39. The minimum absolute atomic E-state index is 0.0503. The first-order valence-electron chi connectivity index (χ1n) is 10.6. The lowest BCUT2D eigenvalue weighted by atomic mass is 10.0. The standard InChI is InChI=1S/C22H25N7O3S/c1-13-9-19(33(4,30)31)23-11-16(13)15-10-18(29-7-8-32-12-14(29)2)25-21-20(15)27-28(3)22(21)17-5-6-24-26-17/h5-6,9-11,14H,7-8,12H2,1-4H3,(H,24,26)/t14-/m1/s1. The van der Waals surface area contributed by atoms with Crippen LogP contribution in [0.2, 0.25) is 0 Å². The summed E-state index contributed by atoms with van der Waals surface area (Å²) in [6, 6.07) is 5.66. The molecular weight excluding hydrogens is 442 g/mol. The van der Waals surface area contributed by atoms with Crippen LogP contribution in [0.4, 0.5) is 5.82 Å². The third-order valence-electron chi connectivity index (χ3n) is 5.94. The van der Waals surface area contributed by atoms with E-state index in [0.29, 0.717) is 18.7 Å². The largest absolute Gasteiger partial charge is 0.377 e. The molecule has 1 aliphatic rings. The molecule has 0 bridgehead atoms. The highest BCUT2D eigenvalue weighted by molar-refractivity contribution is 7.90. The molecule has 1 N–H and O–H groups in total. The number of aromatic nitrogens is 6. The van der Waals surface area contributed by atoms with Crippen LogP contribution in [0.5, 0.6) is 0 Å². The van der Waals surface area contributed by atoms with E-state index >= 15 is 0 Å². The molecular formula is C22H25N7O3S. The lowest BCUT2D eigenvalue weighted by molar-refractivity contribution is 0.0986. The summed E-state index contributed by atoms with van der Waals surface area (Å²) in [4.78, 5) is 11.5. The molecule has 1 saturated heterocycles. The van der Waals surface area contributed by atoms with Gasteiger partial charge in [0.05, 0.1) is 19.3 Å². The van der Waals surface area contributed by atoms with Gasteiger partial charge in [-0.1, -0.05) is 0 Å². The number of fused-ring (bicyclic) bond motifs is 1. The van der Waals surface area contributed by atoms with Crippen LogP contribution >= 0.6 is 0 Å². The fourth-order valence-electron chi connectivity index (χ4n) is 4.26. The highest BCUT2D eigenvalue weighted by Crippen LogP contribution is 2.37. The molecule has 33 heavy (non-hydrogen) atoms. The van der Waals surface area contributed by atoms with E-state index in [1.54, 1.807) is 23.1 Å². The second kappa shape index (κ2) is 7.92. The van der Waals surface area contributed by atoms with Crippen molar-refractivity contribution in [3.8, 4) is 22.5 Å². The van der Waals surface area contributed by atoms with Crippen LogP contribution in [-0.4, -0.2) is 70.4 Å². The van der Waals surface area contributed by atoms with Gasteiger partial charge in [-0.05, 0) is 37.6 Å². The van der Waals surface area contributed by atoms with Gasteiger partial charge in [-0.25, -0.2) is 18.4 Å². The van der Waals surface area contributed by atoms with Gasteiger partial charge < -0.3 is 9.64 Å². The zero-order valence-corrected chi connectivity index (χ0v) is 19.7. The van der Waals surface area contributed by atoms with Gasteiger partial charge in [0, 0.05) is 43.4 Å². The van der Waals surface area contributed by atoms with Crippen molar-refractivity contribution in [3.05, 3.63) is 36.2 Å². The quantitative estimate of drug-likeness (QED) is 0.486. The Balaban J connectivity index is 1.78. The Bertz CT molecular complexity index is 1440. The molecule has 11 heteroatoms. The summed E-state index contributed by atoms with van der Waals surface area (Å²) in [5, 5.41) is 12.0. The second-order valence-corrected chi connectivity index (χ2v) is 10.3. The van der Waals surface area contributed by atoms with Crippen molar-refractivity contribution in [3.63, 3.8) is 0 Å². The summed E-state index contributed by atoms with van der Waals surface area (Å²) < 4.78 is 31.4. The lowest BCUT2D eigenvalue weighted by Gasteiger charge is -2.34. The number of ether oxygens (including phenoxy) is 1. The minimum Gasteiger partial charge on any atom is -0.377 e. The Hall–Kier alpha value is -3.31. The number of aryl methyl sites for hydroxylation is 2. The van der Waals surface area contributed by atoms with Crippen molar-refractivity contribution < 1.29 is 13.2 Å². The lowest BCUT2D eigenvalue weighted by Crippen LogP contribution is -2.44. The van der Waals surface area contributed by atoms with Gasteiger partial charge in [0.2, 0.25) is 0 Å². The fraction of sp³-hybridized carbons (Fsp3) is 0.364. The first-order chi connectivity index (χ1) is 15.7. The molecule has 5 heterocycles. The molecule has 0 spiro atoms. The van der Waals surface area contributed by atoms with Crippen LogP contribution in [-0.2, 0) is 21.6 Å². The number of anilines is 1. The van der Waals surface area contributed by atoms with E-state index in [-0.39, 0.29) is 11.1 Å². The predicted molar refractivity (Wildman–Crippen MR) is 125 cm³/mol. The number of aromatic amines is 1. The number of hydrogen-bond donors (Lipinski definition) is 1. The van der Waals surface area contributed by atoms with Crippen LogP contribution < -0.4 is 4.90 Å². The molecule has 4 aromatic rings. The molecule has 1 fully saturated rings. The van der Waals surface area contributed by atoms with Gasteiger partial charge >= 0.3 is 0 Å². The summed E-state index contributed by atoms with van der Waals surface area (Å²) in [5.41, 5.74) is 5.42. The number of H-pyrrole nitrogens is 1. The summed E-state index contributed by atoms with van der Waals surface area (Å²) in [6.45, 7) is 5.96. The van der Waals surface area contributed by atoms with E-state index in [2.05, 4.69) is 27.0 Å². The molecule has 172 valence electrons. The fourth-order valence-corrected chi connectivity index (χ4v) is 4.89. The minimum atomic E-state index is -3.41. The van der Waals surface area contributed by atoms with Gasteiger partial charge in [0.1, 0.15) is 28.2 Å². The van der Waals surface area contributed by atoms with Gasteiger partial charge in [0.15, 0.2) is 14.9 Å². The smallest absolute Gasteiger partial charge is 0.192 e. The molecule has 0 aromatic carbocycles. The summed E-state index contributed by atoms with van der Waals surface area (Å²) >= 11 is 0. The Labute approximate surface area is 191 Å². The zero-order chi connectivity index (χ0) is 23.3. The van der Waals surface area contributed by atoms with Crippen molar-refractivity contribution in [1.82, 2.24) is 29.9 Å².